The molecule has 1 amide bonds. The predicted molar refractivity (Wildman–Crippen MR) is 86.1 cm³/mol. The van der Waals surface area contributed by atoms with Crippen LogP contribution < -0.4 is 11.1 Å². The third-order valence-electron chi connectivity index (χ3n) is 3.19. The van der Waals surface area contributed by atoms with Crippen molar-refractivity contribution in [2.45, 2.75) is 22.6 Å². The second-order valence-corrected chi connectivity index (χ2v) is 6.57. The Kier molecular flexibility index (Phi) is 3.72. The van der Waals surface area contributed by atoms with Crippen LogP contribution in [0.1, 0.15) is 12.0 Å². The molecule has 0 spiro atoms. The normalized spacial score (nSPS) is 13.8. The van der Waals surface area contributed by atoms with E-state index in [1.54, 1.807) is 11.8 Å². The van der Waals surface area contributed by atoms with E-state index in [1.807, 2.05) is 36.4 Å². The molecule has 0 saturated heterocycles. The molecule has 1 aliphatic heterocycles. The van der Waals surface area contributed by atoms with Gasteiger partial charge in [0.15, 0.2) is 0 Å². The first kappa shape index (κ1) is 13.5. The fourth-order valence-corrected chi connectivity index (χ4v) is 3.59. The molecule has 0 saturated carbocycles. The van der Waals surface area contributed by atoms with Crippen molar-refractivity contribution < 1.29 is 4.79 Å². The number of benzene rings is 2. The third kappa shape index (κ3) is 2.69. The van der Waals surface area contributed by atoms with Crippen molar-refractivity contribution >= 4 is 45.0 Å². The van der Waals surface area contributed by atoms with Crippen LogP contribution >= 0.6 is 27.7 Å². The molecule has 0 fully saturated rings. The average molecular weight is 349 g/mol. The van der Waals surface area contributed by atoms with Gasteiger partial charge in [0.25, 0.3) is 0 Å². The third-order valence-corrected chi connectivity index (χ3v) is 5.29. The van der Waals surface area contributed by atoms with Gasteiger partial charge in [0.2, 0.25) is 5.91 Å². The topological polar surface area (TPSA) is 55.1 Å². The Balaban J connectivity index is 1.96. The maximum atomic E-state index is 11.5. The molecule has 0 aromatic heterocycles. The van der Waals surface area contributed by atoms with Crippen molar-refractivity contribution in [2.24, 2.45) is 0 Å². The van der Waals surface area contributed by atoms with Crippen LogP contribution in [0.25, 0.3) is 0 Å². The van der Waals surface area contributed by atoms with Crippen molar-refractivity contribution in [3.05, 3.63) is 46.4 Å². The molecule has 3 rings (SSSR count). The minimum Gasteiger partial charge on any atom is -0.398 e. The number of nitrogen functional groups attached to an aromatic ring is 1. The van der Waals surface area contributed by atoms with Gasteiger partial charge in [0, 0.05) is 32.1 Å². The lowest BCUT2D eigenvalue weighted by Gasteiger charge is -2.19. The predicted octanol–water partition coefficient (Wildman–Crippen LogP) is 4.07. The molecule has 20 heavy (non-hydrogen) atoms. The van der Waals surface area contributed by atoms with Crippen LogP contribution in [0, 0.1) is 0 Å². The van der Waals surface area contributed by atoms with Crippen molar-refractivity contribution in [2.75, 3.05) is 11.1 Å². The van der Waals surface area contributed by atoms with Crippen LogP contribution in [0.15, 0.2) is 50.7 Å². The molecule has 0 unspecified atom stereocenters. The highest BCUT2D eigenvalue weighted by molar-refractivity contribution is 9.10. The molecule has 5 heteroatoms. The standard InChI is InChI=1S/C15H13BrN2OS/c16-10-3-1-2-4-13(10)20-14-8-12-9(7-11(14)17)5-6-15(19)18-12/h1-4,7-8H,5-6,17H2,(H,18,19). The van der Waals surface area contributed by atoms with E-state index in [0.29, 0.717) is 6.42 Å². The van der Waals surface area contributed by atoms with E-state index in [4.69, 9.17) is 5.73 Å². The molecule has 2 aromatic carbocycles. The van der Waals surface area contributed by atoms with Crippen LogP contribution in [0.5, 0.6) is 0 Å². The van der Waals surface area contributed by atoms with Gasteiger partial charge in [-0.3, -0.25) is 4.79 Å². The van der Waals surface area contributed by atoms with Crippen LogP contribution in [0.2, 0.25) is 0 Å². The summed E-state index contributed by atoms with van der Waals surface area (Å²) >= 11 is 5.12. The Labute approximate surface area is 130 Å². The van der Waals surface area contributed by atoms with Gasteiger partial charge >= 0.3 is 0 Å². The highest BCUT2D eigenvalue weighted by Gasteiger charge is 2.17. The SMILES string of the molecule is Nc1cc2c(cc1Sc1ccccc1Br)NC(=O)CC2. The Bertz CT molecular complexity index is 688. The lowest BCUT2D eigenvalue weighted by molar-refractivity contribution is -0.116. The summed E-state index contributed by atoms with van der Waals surface area (Å²) in [4.78, 5) is 13.5. The number of hydrogen-bond acceptors (Lipinski definition) is 3. The molecule has 3 N–H and O–H groups in total. The zero-order valence-corrected chi connectivity index (χ0v) is 13.1. The number of nitrogens with one attached hydrogen (secondary N) is 1. The number of aryl methyl sites for hydroxylation is 1. The number of halogens is 1. The number of rotatable bonds is 2. The van der Waals surface area contributed by atoms with Crippen LogP contribution in [-0.4, -0.2) is 5.91 Å². The Hall–Kier alpha value is -1.46. The van der Waals surface area contributed by atoms with Crippen molar-refractivity contribution in [3.63, 3.8) is 0 Å². The average Bonchev–Trinajstić information content (AvgIpc) is 2.42. The van der Waals surface area contributed by atoms with E-state index in [1.165, 1.54) is 0 Å². The minimum atomic E-state index is 0.0686. The monoisotopic (exact) mass is 348 g/mol. The van der Waals surface area contributed by atoms with Gasteiger partial charge in [-0.15, -0.1) is 0 Å². The molecule has 1 aliphatic rings. The fraction of sp³-hybridized carbons (Fsp3) is 0.133. The Morgan fingerprint density at radius 3 is 2.75 bits per heavy atom. The largest absolute Gasteiger partial charge is 0.398 e. The van der Waals surface area contributed by atoms with Gasteiger partial charge in [-0.05, 0) is 52.2 Å². The summed E-state index contributed by atoms with van der Waals surface area (Å²) in [5.74, 6) is 0.0686. The maximum absolute atomic E-state index is 11.5. The van der Waals surface area contributed by atoms with Crippen molar-refractivity contribution in [3.8, 4) is 0 Å². The van der Waals surface area contributed by atoms with Crippen LogP contribution in [0.3, 0.4) is 0 Å². The highest BCUT2D eigenvalue weighted by atomic mass is 79.9. The summed E-state index contributed by atoms with van der Waals surface area (Å²) in [6.07, 6.45) is 1.29. The van der Waals surface area contributed by atoms with Gasteiger partial charge in [-0.25, -0.2) is 0 Å². The molecular formula is C15H13BrN2OS. The lowest BCUT2D eigenvalue weighted by atomic mass is 10.0. The maximum Gasteiger partial charge on any atom is 0.224 e. The number of fused-ring (bicyclic) bond motifs is 1. The molecule has 1 heterocycles. The molecule has 2 aromatic rings. The molecule has 0 aliphatic carbocycles. The summed E-state index contributed by atoms with van der Waals surface area (Å²) < 4.78 is 1.03. The number of carbonyl (C=O) groups excluding carboxylic acids is 1. The zero-order chi connectivity index (χ0) is 14.1. The molecule has 3 nitrogen and oxygen atoms in total. The van der Waals surface area contributed by atoms with Gasteiger partial charge in [-0.1, -0.05) is 23.9 Å². The van der Waals surface area contributed by atoms with Crippen molar-refractivity contribution in [1.82, 2.24) is 0 Å². The quantitative estimate of drug-likeness (QED) is 0.804. The first-order valence-corrected chi connectivity index (χ1v) is 7.89. The number of amides is 1. The molecule has 0 radical (unpaired) electrons. The number of carbonyl (C=O) groups is 1. The first-order chi connectivity index (χ1) is 9.63. The number of anilines is 2. The van der Waals surface area contributed by atoms with E-state index >= 15 is 0 Å². The Morgan fingerprint density at radius 1 is 1.15 bits per heavy atom. The van der Waals surface area contributed by atoms with E-state index < -0.39 is 0 Å². The smallest absolute Gasteiger partial charge is 0.224 e. The molecule has 102 valence electrons. The molecule has 0 atom stereocenters. The highest BCUT2D eigenvalue weighted by Crippen LogP contribution is 2.39. The van der Waals surface area contributed by atoms with Gasteiger partial charge < -0.3 is 11.1 Å². The Morgan fingerprint density at radius 2 is 1.95 bits per heavy atom. The summed E-state index contributed by atoms with van der Waals surface area (Å²) in [6.45, 7) is 0. The summed E-state index contributed by atoms with van der Waals surface area (Å²) in [7, 11) is 0. The summed E-state index contributed by atoms with van der Waals surface area (Å²) in [5, 5.41) is 2.91. The second-order valence-electron chi connectivity index (χ2n) is 4.63. The van der Waals surface area contributed by atoms with Crippen molar-refractivity contribution in [1.29, 1.82) is 0 Å². The summed E-state index contributed by atoms with van der Waals surface area (Å²) in [5.41, 5.74) is 8.87. The lowest BCUT2D eigenvalue weighted by Crippen LogP contribution is -2.19. The molecule has 0 bridgehead atoms. The van der Waals surface area contributed by atoms with Gasteiger partial charge in [0.05, 0.1) is 0 Å². The number of nitrogens with two attached hydrogens (primary N) is 1. The van der Waals surface area contributed by atoms with E-state index in [0.717, 1.165) is 37.6 Å². The summed E-state index contributed by atoms with van der Waals surface area (Å²) in [6, 6.07) is 11.9. The zero-order valence-electron chi connectivity index (χ0n) is 10.7. The van der Waals surface area contributed by atoms with Gasteiger partial charge in [0.1, 0.15) is 0 Å². The fourth-order valence-electron chi connectivity index (χ4n) is 2.16. The van der Waals surface area contributed by atoms with Gasteiger partial charge in [-0.2, -0.15) is 0 Å². The number of hydrogen-bond donors (Lipinski definition) is 2. The first-order valence-electron chi connectivity index (χ1n) is 6.28. The molecular weight excluding hydrogens is 336 g/mol. The minimum absolute atomic E-state index is 0.0686. The van der Waals surface area contributed by atoms with E-state index in [-0.39, 0.29) is 5.91 Å². The second kappa shape index (κ2) is 5.50. The van der Waals surface area contributed by atoms with E-state index in [2.05, 4.69) is 21.2 Å². The van der Waals surface area contributed by atoms with E-state index in [9.17, 15) is 4.79 Å². The van der Waals surface area contributed by atoms with Crippen LogP contribution in [-0.2, 0) is 11.2 Å². The van der Waals surface area contributed by atoms with Crippen LogP contribution in [0.4, 0.5) is 11.4 Å².